The summed E-state index contributed by atoms with van der Waals surface area (Å²) < 4.78 is 28.5. The van der Waals surface area contributed by atoms with Gasteiger partial charge in [0.15, 0.2) is 0 Å². The lowest BCUT2D eigenvalue weighted by Gasteiger charge is -2.34. The maximum Gasteiger partial charge on any atom is 0.244 e. The van der Waals surface area contributed by atoms with Crippen LogP contribution in [0.4, 0.5) is 5.69 Å². The lowest BCUT2D eigenvalue weighted by Crippen LogP contribution is -2.54. The molecule has 0 aliphatic heterocycles. The Balaban J connectivity index is 1.55. The van der Waals surface area contributed by atoms with E-state index in [2.05, 4.69) is 21.2 Å². The molecule has 4 aromatic carbocycles. The minimum atomic E-state index is -3.86. The van der Waals surface area contributed by atoms with Gasteiger partial charge in [0.25, 0.3) is 0 Å². The number of fused-ring (bicyclic) bond motifs is 1. The van der Waals surface area contributed by atoms with Crippen molar-refractivity contribution in [2.45, 2.75) is 50.7 Å². The molecule has 224 valence electrons. The lowest BCUT2D eigenvalue weighted by atomic mass is 10.0. The fourth-order valence-corrected chi connectivity index (χ4v) is 7.08. The third-order valence-electron chi connectivity index (χ3n) is 7.93. The van der Waals surface area contributed by atoms with Crippen molar-refractivity contribution in [1.82, 2.24) is 10.2 Å². The zero-order valence-electron chi connectivity index (χ0n) is 24.2. The third-order valence-corrected chi connectivity index (χ3v) is 9.55. The van der Waals surface area contributed by atoms with Gasteiger partial charge in [-0.3, -0.25) is 13.9 Å². The van der Waals surface area contributed by atoms with Crippen molar-refractivity contribution in [3.8, 4) is 0 Å². The normalized spacial score (nSPS) is 14.4. The number of nitrogens with one attached hydrogen (secondary N) is 1. The monoisotopic (exact) mass is 661 g/mol. The van der Waals surface area contributed by atoms with Crippen LogP contribution in [-0.2, 0) is 32.6 Å². The molecule has 43 heavy (non-hydrogen) atoms. The molecular formula is C34H36BrN3O4S. The second-order valence-electron chi connectivity index (χ2n) is 11.1. The number of amides is 2. The zero-order valence-corrected chi connectivity index (χ0v) is 26.6. The van der Waals surface area contributed by atoms with Crippen LogP contribution in [0.1, 0.15) is 36.8 Å². The number of carbonyl (C=O) groups is 2. The van der Waals surface area contributed by atoms with E-state index in [1.54, 1.807) is 17.0 Å². The highest BCUT2D eigenvalue weighted by Gasteiger charge is 2.34. The average Bonchev–Trinajstić information content (AvgIpc) is 3.50. The van der Waals surface area contributed by atoms with Crippen LogP contribution in [0.15, 0.2) is 102 Å². The number of hydrogen-bond acceptors (Lipinski definition) is 4. The van der Waals surface area contributed by atoms with Gasteiger partial charge in [0.05, 0.1) is 11.9 Å². The summed E-state index contributed by atoms with van der Waals surface area (Å²) in [5.41, 5.74) is 2.16. The van der Waals surface area contributed by atoms with E-state index in [0.717, 1.165) is 62.6 Å². The Labute approximate surface area is 262 Å². The molecule has 2 amide bonds. The number of nitrogens with zero attached hydrogens (tertiary/aromatic N) is 2. The van der Waals surface area contributed by atoms with Gasteiger partial charge in [-0.2, -0.15) is 0 Å². The fourth-order valence-electron chi connectivity index (χ4n) is 5.77. The van der Waals surface area contributed by atoms with E-state index in [9.17, 15) is 18.0 Å². The van der Waals surface area contributed by atoms with Crippen LogP contribution in [0.25, 0.3) is 10.8 Å². The summed E-state index contributed by atoms with van der Waals surface area (Å²) in [5, 5.41) is 4.79. The molecule has 0 bridgehead atoms. The molecule has 1 aliphatic rings. The number of halogens is 1. The SMILES string of the molecule is CS(=O)(=O)N(CC(=O)N(Cc1cccc(Br)c1)[C@@H](Cc1ccccc1)C(=O)NC1CCCC1)c1cccc2ccccc12. The van der Waals surface area contributed by atoms with Crippen molar-refractivity contribution in [1.29, 1.82) is 0 Å². The van der Waals surface area contributed by atoms with Gasteiger partial charge >= 0.3 is 0 Å². The van der Waals surface area contributed by atoms with Gasteiger partial charge in [0.1, 0.15) is 12.6 Å². The fraction of sp³-hybridized carbons (Fsp3) is 0.294. The van der Waals surface area contributed by atoms with E-state index in [1.165, 1.54) is 0 Å². The molecular weight excluding hydrogens is 626 g/mol. The van der Waals surface area contributed by atoms with Gasteiger partial charge in [0, 0.05) is 28.9 Å². The van der Waals surface area contributed by atoms with E-state index in [4.69, 9.17) is 0 Å². The average molecular weight is 663 g/mol. The first-order valence-electron chi connectivity index (χ1n) is 14.5. The van der Waals surface area contributed by atoms with Gasteiger partial charge in [0.2, 0.25) is 21.8 Å². The van der Waals surface area contributed by atoms with Crippen LogP contribution in [0, 0.1) is 0 Å². The smallest absolute Gasteiger partial charge is 0.244 e. The van der Waals surface area contributed by atoms with Gasteiger partial charge in [-0.15, -0.1) is 0 Å². The minimum absolute atomic E-state index is 0.0665. The zero-order chi connectivity index (χ0) is 30.4. The molecule has 0 unspecified atom stereocenters. The molecule has 0 saturated heterocycles. The highest BCUT2D eigenvalue weighted by atomic mass is 79.9. The van der Waals surface area contributed by atoms with Crippen LogP contribution in [0.3, 0.4) is 0 Å². The third kappa shape index (κ3) is 7.83. The van der Waals surface area contributed by atoms with E-state index >= 15 is 0 Å². The maximum atomic E-state index is 14.4. The Kier molecular flexibility index (Phi) is 9.82. The van der Waals surface area contributed by atoms with Crippen molar-refractivity contribution < 1.29 is 18.0 Å². The summed E-state index contributed by atoms with van der Waals surface area (Å²) in [6.07, 6.45) is 5.34. The molecule has 1 aliphatic carbocycles. The molecule has 0 radical (unpaired) electrons. The Morgan fingerprint density at radius 2 is 1.53 bits per heavy atom. The molecule has 1 N–H and O–H groups in total. The van der Waals surface area contributed by atoms with Crippen molar-refractivity contribution in [2.75, 3.05) is 17.1 Å². The standard InChI is InChI=1S/C34H36BrN3O4S/c1-43(41,42)38(31-20-10-15-27-14-5-8-19-30(27)31)24-33(39)37(23-26-13-9-16-28(35)21-26)32(22-25-11-3-2-4-12-25)34(40)36-29-17-6-7-18-29/h2-5,8-16,19-21,29,32H,6-7,17-18,22-24H2,1H3,(H,36,40)/t32-/m0/s1. The number of carbonyl (C=O) groups excluding carboxylic acids is 2. The highest BCUT2D eigenvalue weighted by Crippen LogP contribution is 2.29. The number of rotatable bonds is 11. The molecule has 0 heterocycles. The van der Waals surface area contributed by atoms with Gasteiger partial charge in [-0.1, -0.05) is 108 Å². The van der Waals surface area contributed by atoms with Crippen LogP contribution < -0.4 is 9.62 Å². The van der Waals surface area contributed by atoms with E-state index in [1.807, 2.05) is 84.9 Å². The van der Waals surface area contributed by atoms with Crippen LogP contribution in [0.2, 0.25) is 0 Å². The summed E-state index contributed by atoms with van der Waals surface area (Å²) >= 11 is 3.52. The molecule has 0 spiro atoms. The summed E-state index contributed by atoms with van der Waals surface area (Å²) in [5.74, 6) is -0.684. The first-order chi connectivity index (χ1) is 20.7. The minimum Gasteiger partial charge on any atom is -0.352 e. The first-order valence-corrected chi connectivity index (χ1v) is 17.2. The van der Waals surface area contributed by atoms with Crippen molar-refractivity contribution in [3.63, 3.8) is 0 Å². The van der Waals surface area contributed by atoms with Crippen molar-refractivity contribution in [2.24, 2.45) is 0 Å². The Morgan fingerprint density at radius 3 is 2.26 bits per heavy atom. The van der Waals surface area contributed by atoms with Crippen molar-refractivity contribution in [3.05, 3.63) is 113 Å². The summed E-state index contributed by atoms with van der Waals surface area (Å²) in [6, 6.07) is 29.3. The van der Waals surface area contributed by atoms with E-state index in [0.29, 0.717) is 12.1 Å². The number of benzene rings is 4. The van der Waals surface area contributed by atoms with E-state index in [-0.39, 0.29) is 18.5 Å². The van der Waals surface area contributed by atoms with Crippen molar-refractivity contribution >= 4 is 54.2 Å². The molecule has 1 fully saturated rings. The summed E-state index contributed by atoms with van der Waals surface area (Å²) in [6.45, 7) is -0.302. The summed E-state index contributed by atoms with van der Waals surface area (Å²) in [7, 11) is -3.86. The predicted octanol–water partition coefficient (Wildman–Crippen LogP) is 6.07. The highest BCUT2D eigenvalue weighted by molar-refractivity contribution is 9.10. The second kappa shape index (κ2) is 13.7. The lowest BCUT2D eigenvalue weighted by molar-refractivity contribution is -0.140. The topological polar surface area (TPSA) is 86.8 Å². The largest absolute Gasteiger partial charge is 0.352 e. The molecule has 1 saturated carbocycles. The van der Waals surface area contributed by atoms with Gasteiger partial charge in [-0.25, -0.2) is 8.42 Å². The molecule has 1 atom stereocenters. The number of sulfonamides is 1. The number of hydrogen-bond donors (Lipinski definition) is 1. The Bertz CT molecular complexity index is 1690. The van der Waals surface area contributed by atoms with Crippen LogP contribution in [0.5, 0.6) is 0 Å². The maximum absolute atomic E-state index is 14.4. The first kappa shape index (κ1) is 30.8. The Morgan fingerprint density at radius 1 is 0.884 bits per heavy atom. The molecule has 0 aromatic heterocycles. The van der Waals surface area contributed by atoms with Gasteiger partial charge in [-0.05, 0) is 47.6 Å². The number of anilines is 1. The molecule has 4 aromatic rings. The quantitative estimate of drug-likeness (QED) is 0.212. The second-order valence-corrected chi connectivity index (χ2v) is 13.9. The Hall–Kier alpha value is -3.69. The molecule has 9 heteroatoms. The molecule has 5 rings (SSSR count). The molecule has 7 nitrogen and oxygen atoms in total. The van der Waals surface area contributed by atoms with Gasteiger partial charge < -0.3 is 10.2 Å². The van der Waals surface area contributed by atoms with E-state index < -0.39 is 28.5 Å². The predicted molar refractivity (Wildman–Crippen MR) is 175 cm³/mol. The van der Waals surface area contributed by atoms with Crippen LogP contribution in [-0.4, -0.2) is 50.0 Å². The van der Waals surface area contributed by atoms with Crippen LogP contribution >= 0.6 is 15.9 Å². The summed E-state index contributed by atoms with van der Waals surface area (Å²) in [4.78, 5) is 29.9.